The predicted molar refractivity (Wildman–Crippen MR) is 92.1 cm³/mol. The van der Waals surface area contributed by atoms with Gasteiger partial charge in [0.05, 0.1) is 24.4 Å². The fourth-order valence-corrected chi connectivity index (χ4v) is 2.35. The first-order valence-corrected chi connectivity index (χ1v) is 7.67. The van der Waals surface area contributed by atoms with E-state index in [0.717, 1.165) is 5.69 Å². The number of carbonyl (C=O) groups excluding carboxylic acids is 2. The SMILES string of the molecule is COc1ccc(N(CC(=O)NCc2ccccn2)C(C)=O)cc1Cl. The number of rotatable bonds is 6. The number of hydrogen-bond acceptors (Lipinski definition) is 4. The number of nitrogens with zero attached hydrogens (tertiary/aromatic N) is 2. The Balaban J connectivity index is 2.04. The molecule has 1 aromatic heterocycles. The fraction of sp³-hybridized carbons (Fsp3) is 0.235. The predicted octanol–water partition coefficient (Wildman–Crippen LogP) is 2.41. The van der Waals surface area contributed by atoms with Crippen molar-refractivity contribution in [3.05, 3.63) is 53.3 Å². The minimum absolute atomic E-state index is 0.106. The summed E-state index contributed by atoms with van der Waals surface area (Å²) in [6.07, 6.45) is 1.66. The molecule has 0 aliphatic rings. The van der Waals surface area contributed by atoms with Crippen molar-refractivity contribution < 1.29 is 14.3 Å². The highest BCUT2D eigenvalue weighted by molar-refractivity contribution is 6.32. The maximum atomic E-state index is 12.1. The van der Waals surface area contributed by atoms with Crippen molar-refractivity contribution in [3.63, 3.8) is 0 Å². The largest absolute Gasteiger partial charge is 0.495 e. The van der Waals surface area contributed by atoms with Crippen LogP contribution in [-0.2, 0) is 16.1 Å². The first-order valence-electron chi connectivity index (χ1n) is 7.29. The van der Waals surface area contributed by atoms with E-state index in [1.807, 2.05) is 12.1 Å². The molecule has 0 spiro atoms. The zero-order valence-electron chi connectivity index (χ0n) is 13.5. The van der Waals surface area contributed by atoms with Crippen LogP contribution in [0.3, 0.4) is 0 Å². The Morgan fingerprint density at radius 3 is 2.67 bits per heavy atom. The molecule has 126 valence electrons. The molecule has 0 fully saturated rings. The molecule has 6 nitrogen and oxygen atoms in total. The molecular formula is C17H18ClN3O3. The lowest BCUT2D eigenvalue weighted by Gasteiger charge is -2.21. The molecule has 0 saturated heterocycles. The minimum Gasteiger partial charge on any atom is -0.495 e. The zero-order chi connectivity index (χ0) is 17.5. The van der Waals surface area contributed by atoms with E-state index in [-0.39, 0.29) is 18.4 Å². The minimum atomic E-state index is -0.289. The van der Waals surface area contributed by atoms with Gasteiger partial charge in [0.1, 0.15) is 12.3 Å². The lowest BCUT2D eigenvalue weighted by atomic mass is 10.2. The van der Waals surface area contributed by atoms with Crippen molar-refractivity contribution >= 4 is 29.1 Å². The monoisotopic (exact) mass is 347 g/mol. The van der Waals surface area contributed by atoms with E-state index < -0.39 is 0 Å². The summed E-state index contributed by atoms with van der Waals surface area (Å²) in [7, 11) is 1.51. The second kappa shape index (κ2) is 8.31. The van der Waals surface area contributed by atoms with Crippen LogP contribution in [0.4, 0.5) is 5.69 Å². The summed E-state index contributed by atoms with van der Waals surface area (Å²) in [5.41, 5.74) is 1.27. The fourth-order valence-electron chi connectivity index (χ4n) is 2.10. The number of carbonyl (C=O) groups is 2. The number of methoxy groups -OCH3 is 1. The molecule has 0 saturated carbocycles. The molecule has 1 aromatic carbocycles. The van der Waals surface area contributed by atoms with Gasteiger partial charge >= 0.3 is 0 Å². The van der Waals surface area contributed by atoms with Crippen molar-refractivity contribution in [2.24, 2.45) is 0 Å². The molecule has 0 aliphatic heterocycles. The average Bonchev–Trinajstić information content (AvgIpc) is 2.58. The van der Waals surface area contributed by atoms with Gasteiger partial charge in [-0.15, -0.1) is 0 Å². The molecule has 2 rings (SSSR count). The summed E-state index contributed by atoms with van der Waals surface area (Å²) in [5.74, 6) is -0.0458. The van der Waals surface area contributed by atoms with Crippen molar-refractivity contribution in [2.45, 2.75) is 13.5 Å². The van der Waals surface area contributed by atoms with E-state index in [9.17, 15) is 9.59 Å². The zero-order valence-corrected chi connectivity index (χ0v) is 14.2. The number of nitrogens with one attached hydrogen (secondary N) is 1. The second-order valence-electron chi connectivity index (χ2n) is 5.02. The van der Waals surface area contributed by atoms with Crippen LogP contribution in [0.5, 0.6) is 5.75 Å². The van der Waals surface area contributed by atoms with Gasteiger partial charge in [-0.25, -0.2) is 0 Å². The van der Waals surface area contributed by atoms with Gasteiger partial charge in [-0.3, -0.25) is 14.6 Å². The standard InChI is InChI=1S/C17H18ClN3O3/c1-12(22)21(14-6-7-16(24-2)15(18)9-14)11-17(23)20-10-13-5-3-4-8-19-13/h3-9H,10-11H2,1-2H3,(H,20,23). The van der Waals surface area contributed by atoms with E-state index in [1.54, 1.807) is 30.5 Å². The van der Waals surface area contributed by atoms with Crippen molar-refractivity contribution in [2.75, 3.05) is 18.6 Å². The molecule has 0 radical (unpaired) electrons. The number of benzene rings is 1. The quantitative estimate of drug-likeness (QED) is 0.871. The molecule has 1 N–H and O–H groups in total. The Labute approximate surface area is 145 Å². The molecule has 1 heterocycles. The molecule has 0 unspecified atom stereocenters. The van der Waals surface area contributed by atoms with E-state index in [4.69, 9.17) is 16.3 Å². The van der Waals surface area contributed by atoms with E-state index in [0.29, 0.717) is 23.0 Å². The number of hydrogen-bond donors (Lipinski definition) is 1. The molecule has 7 heteroatoms. The Hall–Kier alpha value is -2.60. The first-order chi connectivity index (χ1) is 11.5. The van der Waals surface area contributed by atoms with Crippen LogP contribution in [0, 0.1) is 0 Å². The van der Waals surface area contributed by atoms with Crippen LogP contribution < -0.4 is 15.0 Å². The third-order valence-corrected chi connectivity index (χ3v) is 3.62. The summed E-state index contributed by atoms with van der Waals surface area (Å²) in [6, 6.07) is 10.4. The van der Waals surface area contributed by atoms with E-state index in [2.05, 4.69) is 10.3 Å². The highest BCUT2D eigenvalue weighted by Gasteiger charge is 2.17. The summed E-state index contributed by atoms with van der Waals surface area (Å²) < 4.78 is 5.09. The van der Waals surface area contributed by atoms with Crippen molar-refractivity contribution in [3.8, 4) is 5.75 Å². The van der Waals surface area contributed by atoms with Crippen LogP contribution >= 0.6 is 11.6 Å². The highest BCUT2D eigenvalue weighted by atomic mass is 35.5. The summed E-state index contributed by atoms with van der Waals surface area (Å²) in [6.45, 7) is 1.59. The average molecular weight is 348 g/mol. The lowest BCUT2D eigenvalue weighted by Crippen LogP contribution is -2.39. The summed E-state index contributed by atoms with van der Waals surface area (Å²) in [5, 5.41) is 3.11. The highest BCUT2D eigenvalue weighted by Crippen LogP contribution is 2.29. The smallest absolute Gasteiger partial charge is 0.240 e. The van der Waals surface area contributed by atoms with Gasteiger partial charge in [0, 0.05) is 18.8 Å². The van der Waals surface area contributed by atoms with Gasteiger partial charge in [0.15, 0.2) is 0 Å². The number of amides is 2. The number of pyridine rings is 1. The normalized spacial score (nSPS) is 10.1. The first kappa shape index (κ1) is 17.7. The molecule has 0 atom stereocenters. The van der Waals surface area contributed by atoms with Crippen LogP contribution in [0.15, 0.2) is 42.6 Å². The topological polar surface area (TPSA) is 71.5 Å². The molecule has 2 aromatic rings. The Morgan fingerprint density at radius 2 is 2.08 bits per heavy atom. The second-order valence-corrected chi connectivity index (χ2v) is 5.43. The van der Waals surface area contributed by atoms with Crippen molar-refractivity contribution in [1.29, 1.82) is 0 Å². The van der Waals surface area contributed by atoms with Crippen molar-refractivity contribution in [1.82, 2.24) is 10.3 Å². The molecular weight excluding hydrogens is 330 g/mol. The molecule has 0 aliphatic carbocycles. The van der Waals surface area contributed by atoms with Gasteiger partial charge in [-0.2, -0.15) is 0 Å². The lowest BCUT2D eigenvalue weighted by molar-refractivity contribution is -0.123. The third-order valence-electron chi connectivity index (χ3n) is 3.32. The van der Waals surface area contributed by atoms with E-state index in [1.165, 1.54) is 18.9 Å². The Kier molecular flexibility index (Phi) is 6.14. The van der Waals surface area contributed by atoms with Crippen LogP contribution in [0.2, 0.25) is 5.02 Å². The van der Waals surface area contributed by atoms with Gasteiger partial charge in [0.2, 0.25) is 11.8 Å². The van der Waals surface area contributed by atoms with Gasteiger partial charge in [-0.1, -0.05) is 17.7 Å². The van der Waals surface area contributed by atoms with Gasteiger partial charge < -0.3 is 15.0 Å². The number of ether oxygens (including phenoxy) is 1. The van der Waals surface area contributed by atoms with Crippen LogP contribution in [0.1, 0.15) is 12.6 Å². The summed E-state index contributed by atoms with van der Waals surface area (Å²) >= 11 is 6.08. The maximum Gasteiger partial charge on any atom is 0.240 e. The Bertz CT molecular complexity index is 722. The number of halogens is 1. The molecule has 2 amide bonds. The molecule has 24 heavy (non-hydrogen) atoms. The maximum absolute atomic E-state index is 12.1. The third kappa shape index (κ3) is 4.70. The summed E-state index contributed by atoms with van der Waals surface area (Å²) in [4.78, 5) is 29.5. The molecule has 0 bridgehead atoms. The van der Waals surface area contributed by atoms with Gasteiger partial charge in [-0.05, 0) is 30.3 Å². The van der Waals surface area contributed by atoms with Crippen LogP contribution in [-0.4, -0.2) is 30.5 Å². The van der Waals surface area contributed by atoms with Crippen LogP contribution in [0.25, 0.3) is 0 Å². The van der Waals surface area contributed by atoms with E-state index >= 15 is 0 Å². The Morgan fingerprint density at radius 1 is 1.29 bits per heavy atom. The number of anilines is 1. The number of aromatic nitrogens is 1. The van der Waals surface area contributed by atoms with Gasteiger partial charge in [0.25, 0.3) is 0 Å².